The van der Waals surface area contributed by atoms with E-state index in [0.717, 1.165) is 25.3 Å². The van der Waals surface area contributed by atoms with Gasteiger partial charge >= 0.3 is 0 Å². The molecule has 1 aliphatic heterocycles. The number of imidazole rings is 1. The molecule has 4 nitrogen and oxygen atoms in total. The summed E-state index contributed by atoms with van der Waals surface area (Å²) < 4.78 is 5.52. The molecule has 2 rings (SSSR count). The summed E-state index contributed by atoms with van der Waals surface area (Å²) in [4.78, 5) is 7.38. The second-order valence-corrected chi connectivity index (χ2v) is 4.27. The van der Waals surface area contributed by atoms with E-state index in [1.165, 1.54) is 0 Å². The van der Waals surface area contributed by atoms with Gasteiger partial charge in [-0.2, -0.15) is 0 Å². The van der Waals surface area contributed by atoms with E-state index in [0.29, 0.717) is 12.1 Å². The zero-order valence-electron chi connectivity index (χ0n) is 9.36. The molecule has 0 bridgehead atoms. The van der Waals surface area contributed by atoms with E-state index in [1.807, 2.05) is 6.20 Å². The molecule has 0 amide bonds. The topological polar surface area (TPSA) is 49.9 Å². The maximum absolute atomic E-state index is 5.52. The summed E-state index contributed by atoms with van der Waals surface area (Å²) >= 11 is 0. The van der Waals surface area contributed by atoms with Crippen molar-refractivity contribution in [3.8, 4) is 0 Å². The number of H-pyrrole nitrogens is 1. The molecule has 2 N–H and O–H groups in total. The van der Waals surface area contributed by atoms with Gasteiger partial charge in [0.05, 0.1) is 12.1 Å². The monoisotopic (exact) mass is 209 g/mol. The maximum atomic E-state index is 5.52. The fourth-order valence-electron chi connectivity index (χ4n) is 2.10. The van der Waals surface area contributed by atoms with Crippen LogP contribution in [0.5, 0.6) is 0 Å². The number of aromatic nitrogens is 2. The Bertz CT molecular complexity index is 286. The molecule has 0 aromatic carbocycles. The largest absolute Gasteiger partial charge is 0.378 e. The van der Waals surface area contributed by atoms with E-state index in [-0.39, 0.29) is 6.04 Å². The first kappa shape index (κ1) is 10.6. The van der Waals surface area contributed by atoms with Gasteiger partial charge in [-0.15, -0.1) is 0 Å². The van der Waals surface area contributed by atoms with Crippen molar-refractivity contribution in [1.82, 2.24) is 15.3 Å². The molecule has 15 heavy (non-hydrogen) atoms. The lowest BCUT2D eigenvalue weighted by atomic mass is 10.0. The van der Waals surface area contributed by atoms with E-state index in [4.69, 9.17) is 4.74 Å². The molecule has 84 valence electrons. The van der Waals surface area contributed by atoms with Gasteiger partial charge in [0.2, 0.25) is 0 Å². The molecule has 0 radical (unpaired) electrons. The van der Waals surface area contributed by atoms with Crippen molar-refractivity contribution in [2.45, 2.75) is 44.9 Å². The van der Waals surface area contributed by atoms with E-state index in [9.17, 15) is 0 Å². The first-order chi connectivity index (χ1) is 7.25. The van der Waals surface area contributed by atoms with Crippen molar-refractivity contribution in [2.24, 2.45) is 0 Å². The fraction of sp³-hybridized carbons (Fsp3) is 0.727. The molecule has 1 saturated heterocycles. The van der Waals surface area contributed by atoms with Crippen molar-refractivity contribution < 1.29 is 4.74 Å². The van der Waals surface area contributed by atoms with Crippen LogP contribution in [0.2, 0.25) is 0 Å². The molecule has 3 atom stereocenters. The van der Waals surface area contributed by atoms with E-state index >= 15 is 0 Å². The van der Waals surface area contributed by atoms with Crippen LogP contribution >= 0.6 is 0 Å². The van der Waals surface area contributed by atoms with Gasteiger partial charge in [-0.3, -0.25) is 0 Å². The smallest absolute Gasteiger partial charge is 0.122 e. The number of hydrogen-bond donors (Lipinski definition) is 2. The molecule has 0 spiro atoms. The molecule has 2 heterocycles. The predicted molar refractivity (Wildman–Crippen MR) is 58.6 cm³/mol. The molecule has 1 aromatic heterocycles. The Hall–Kier alpha value is -0.870. The minimum Gasteiger partial charge on any atom is -0.378 e. The minimum atomic E-state index is 0.287. The highest BCUT2D eigenvalue weighted by atomic mass is 16.5. The zero-order chi connectivity index (χ0) is 10.7. The molecular formula is C11H19N3O. The van der Waals surface area contributed by atoms with Gasteiger partial charge in [0.25, 0.3) is 0 Å². The standard InChI is InChI=1S/C11H19N3O/c1-8-7-10(3-6-15-8)14-9(2)11-12-4-5-13-11/h4-5,8-10,14H,3,6-7H2,1-2H3,(H,12,13). The van der Waals surface area contributed by atoms with E-state index < -0.39 is 0 Å². The van der Waals surface area contributed by atoms with E-state index in [1.54, 1.807) is 6.20 Å². The van der Waals surface area contributed by atoms with Crippen LogP contribution in [0, 0.1) is 0 Å². The molecule has 1 aliphatic rings. The number of rotatable bonds is 3. The molecule has 1 fully saturated rings. The molecule has 1 aromatic rings. The van der Waals surface area contributed by atoms with Crippen LogP contribution in [0.15, 0.2) is 12.4 Å². The quantitative estimate of drug-likeness (QED) is 0.795. The highest BCUT2D eigenvalue weighted by molar-refractivity contribution is 4.95. The van der Waals surface area contributed by atoms with Gasteiger partial charge in [0, 0.05) is 25.0 Å². The number of aromatic amines is 1. The molecule has 0 aliphatic carbocycles. The fourth-order valence-corrected chi connectivity index (χ4v) is 2.10. The second kappa shape index (κ2) is 4.77. The predicted octanol–water partition coefficient (Wildman–Crippen LogP) is 1.63. The number of nitrogens with zero attached hydrogens (tertiary/aromatic N) is 1. The number of nitrogens with one attached hydrogen (secondary N) is 2. The Kier molecular flexibility index (Phi) is 3.38. The molecule has 0 saturated carbocycles. The Morgan fingerprint density at radius 1 is 1.67 bits per heavy atom. The molecular weight excluding hydrogens is 190 g/mol. The first-order valence-corrected chi connectivity index (χ1v) is 5.62. The Morgan fingerprint density at radius 3 is 3.20 bits per heavy atom. The van der Waals surface area contributed by atoms with Crippen LogP contribution < -0.4 is 5.32 Å². The normalized spacial score (nSPS) is 28.9. The van der Waals surface area contributed by atoms with Crippen LogP contribution in [-0.2, 0) is 4.74 Å². The Morgan fingerprint density at radius 2 is 2.53 bits per heavy atom. The lowest BCUT2D eigenvalue weighted by Gasteiger charge is -2.29. The Labute approximate surface area is 90.4 Å². The first-order valence-electron chi connectivity index (χ1n) is 5.62. The lowest BCUT2D eigenvalue weighted by Crippen LogP contribution is -2.39. The van der Waals surface area contributed by atoms with Crippen molar-refractivity contribution in [3.63, 3.8) is 0 Å². The SMILES string of the molecule is CC1CC(NC(C)c2ncc[nH]2)CCO1. The van der Waals surface area contributed by atoms with Gasteiger partial charge in [-0.25, -0.2) is 4.98 Å². The third kappa shape index (κ3) is 2.79. The highest BCUT2D eigenvalue weighted by Crippen LogP contribution is 2.16. The summed E-state index contributed by atoms with van der Waals surface area (Å²) in [6.45, 7) is 5.13. The van der Waals surface area contributed by atoms with E-state index in [2.05, 4.69) is 29.1 Å². The average Bonchev–Trinajstić information content (AvgIpc) is 2.70. The van der Waals surface area contributed by atoms with Crippen LogP contribution in [0.3, 0.4) is 0 Å². The zero-order valence-corrected chi connectivity index (χ0v) is 9.36. The van der Waals surface area contributed by atoms with Crippen molar-refractivity contribution in [1.29, 1.82) is 0 Å². The summed E-state index contributed by atoms with van der Waals surface area (Å²) in [5.41, 5.74) is 0. The van der Waals surface area contributed by atoms with Gasteiger partial charge in [-0.05, 0) is 26.7 Å². The second-order valence-electron chi connectivity index (χ2n) is 4.27. The van der Waals surface area contributed by atoms with Crippen LogP contribution in [0.4, 0.5) is 0 Å². The van der Waals surface area contributed by atoms with Crippen molar-refractivity contribution in [2.75, 3.05) is 6.61 Å². The van der Waals surface area contributed by atoms with Gasteiger partial charge in [0.15, 0.2) is 0 Å². The number of hydrogen-bond acceptors (Lipinski definition) is 3. The summed E-state index contributed by atoms with van der Waals surface area (Å²) in [5.74, 6) is 1.01. The van der Waals surface area contributed by atoms with Crippen LogP contribution in [0.1, 0.15) is 38.6 Å². The average molecular weight is 209 g/mol. The summed E-state index contributed by atoms with van der Waals surface area (Å²) in [6, 6.07) is 0.837. The van der Waals surface area contributed by atoms with Crippen molar-refractivity contribution in [3.05, 3.63) is 18.2 Å². The summed E-state index contributed by atoms with van der Waals surface area (Å²) in [6.07, 6.45) is 6.21. The third-order valence-corrected chi connectivity index (χ3v) is 2.90. The van der Waals surface area contributed by atoms with Crippen LogP contribution in [0.25, 0.3) is 0 Å². The van der Waals surface area contributed by atoms with Gasteiger partial charge < -0.3 is 15.0 Å². The summed E-state index contributed by atoms with van der Waals surface area (Å²) in [5, 5.41) is 3.58. The third-order valence-electron chi connectivity index (χ3n) is 2.90. The summed E-state index contributed by atoms with van der Waals surface area (Å²) in [7, 11) is 0. The van der Waals surface area contributed by atoms with Crippen LogP contribution in [-0.4, -0.2) is 28.7 Å². The number of ether oxygens (including phenoxy) is 1. The highest BCUT2D eigenvalue weighted by Gasteiger charge is 2.21. The molecule has 3 unspecified atom stereocenters. The molecule has 4 heteroatoms. The maximum Gasteiger partial charge on any atom is 0.122 e. The van der Waals surface area contributed by atoms with Gasteiger partial charge in [0.1, 0.15) is 5.82 Å². The Balaban J connectivity index is 1.86. The van der Waals surface area contributed by atoms with Crippen molar-refractivity contribution >= 4 is 0 Å². The van der Waals surface area contributed by atoms with Gasteiger partial charge in [-0.1, -0.05) is 0 Å². The minimum absolute atomic E-state index is 0.287. The lowest BCUT2D eigenvalue weighted by molar-refractivity contribution is 0.0114.